The van der Waals surface area contributed by atoms with E-state index >= 15 is 0 Å². The van der Waals surface area contributed by atoms with Crippen LogP contribution in [0, 0.1) is 5.82 Å². The maximum Gasteiger partial charge on any atom is 0.146 e. The van der Waals surface area contributed by atoms with Crippen molar-refractivity contribution in [3.8, 4) is 0 Å². The number of hydrogen-bond acceptors (Lipinski definition) is 1. The van der Waals surface area contributed by atoms with Gasteiger partial charge in [-0.15, -0.1) is 0 Å². The first-order chi connectivity index (χ1) is 6.88. The molecule has 0 fully saturated rings. The fraction of sp³-hybridized carbons (Fsp3) is 0.538. The van der Waals surface area contributed by atoms with E-state index in [9.17, 15) is 4.39 Å². The SMILES string of the molecule is CC1Cc2cc(C(C)(C)C)cc(F)c2N1. The van der Waals surface area contributed by atoms with Crippen molar-refractivity contribution < 1.29 is 4.39 Å². The second-order valence-electron chi connectivity index (χ2n) is 5.49. The number of anilines is 1. The van der Waals surface area contributed by atoms with Crippen LogP contribution in [0.4, 0.5) is 10.1 Å². The van der Waals surface area contributed by atoms with E-state index in [-0.39, 0.29) is 11.2 Å². The molecule has 1 aromatic rings. The molecule has 1 unspecified atom stereocenters. The summed E-state index contributed by atoms with van der Waals surface area (Å²) in [5.41, 5.74) is 2.92. The second-order valence-corrected chi connectivity index (χ2v) is 5.49. The minimum absolute atomic E-state index is 0.0156. The molecule has 1 N–H and O–H groups in total. The zero-order chi connectivity index (χ0) is 11.2. The van der Waals surface area contributed by atoms with Gasteiger partial charge >= 0.3 is 0 Å². The molecule has 2 heteroatoms. The van der Waals surface area contributed by atoms with Crippen LogP contribution < -0.4 is 5.32 Å². The summed E-state index contributed by atoms with van der Waals surface area (Å²) >= 11 is 0. The van der Waals surface area contributed by atoms with Gasteiger partial charge in [0.1, 0.15) is 5.82 Å². The van der Waals surface area contributed by atoms with E-state index in [1.54, 1.807) is 6.07 Å². The Labute approximate surface area is 90.7 Å². The Kier molecular flexibility index (Phi) is 2.25. The van der Waals surface area contributed by atoms with Crippen molar-refractivity contribution in [3.63, 3.8) is 0 Å². The van der Waals surface area contributed by atoms with Crippen molar-refractivity contribution in [1.82, 2.24) is 0 Å². The maximum atomic E-state index is 13.8. The van der Waals surface area contributed by atoms with Gasteiger partial charge in [-0.2, -0.15) is 0 Å². The normalized spacial score (nSPS) is 19.9. The van der Waals surface area contributed by atoms with Crippen LogP contribution in [-0.4, -0.2) is 6.04 Å². The van der Waals surface area contributed by atoms with Crippen LogP contribution in [0.15, 0.2) is 12.1 Å². The number of nitrogens with one attached hydrogen (secondary N) is 1. The summed E-state index contributed by atoms with van der Waals surface area (Å²) in [5, 5.41) is 3.17. The molecule has 1 atom stereocenters. The molecular weight excluding hydrogens is 189 g/mol. The molecule has 1 heterocycles. The van der Waals surface area contributed by atoms with E-state index in [2.05, 4.69) is 39.1 Å². The lowest BCUT2D eigenvalue weighted by Gasteiger charge is -2.20. The molecule has 1 aromatic carbocycles. The molecule has 0 spiro atoms. The summed E-state index contributed by atoms with van der Waals surface area (Å²) in [5.74, 6) is -0.109. The summed E-state index contributed by atoms with van der Waals surface area (Å²) in [6.07, 6.45) is 0.927. The minimum Gasteiger partial charge on any atom is -0.380 e. The molecule has 0 saturated heterocycles. The first kappa shape index (κ1) is 10.5. The van der Waals surface area contributed by atoms with Gasteiger partial charge in [0, 0.05) is 6.04 Å². The van der Waals surface area contributed by atoms with Gasteiger partial charge in [-0.25, -0.2) is 4.39 Å². The third kappa shape index (κ3) is 1.85. The van der Waals surface area contributed by atoms with Crippen LogP contribution in [0.2, 0.25) is 0 Å². The van der Waals surface area contributed by atoms with Crippen LogP contribution in [0.3, 0.4) is 0 Å². The highest BCUT2D eigenvalue weighted by Gasteiger charge is 2.24. The average molecular weight is 207 g/mol. The van der Waals surface area contributed by atoms with Gasteiger partial charge in [-0.05, 0) is 36.0 Å². The van der Waals surface area contributed by atoms with Crippen LogP contribution in [0.25, 0.3) is 0 Å². The Morgan fingerprint density at radius 3 is 2.60 bits per heavy atom. The highest BCUT2D eigenvalue weighted by Crippen LogP contribution is 2.33. The topological polar surface area (TPSA) is 12.0 Å². The fourth-order valence-electron chi connectivity index (χ4n) is 2.05. The molecule has 0 amide bonds. The Balaban J connectivity index is 2.49. The van der Waals surface area contributed by atoms with Crippen LogP contribution in [-0.2, 0) is 11.8 Å². The molecule has 0 bridgehead atoms. The average Bonchev–Trinajstić information content (AvgIpc) is 2.44. The van der Waals surface area contributed by atoms with Gasteiger partial charge in [0.2, 0.25) is 0 Å². The molecule has 0 saturated carbocycles. The van der Waals surface area contributed by atoms with Crippen molar-refractivity contribution in [2.45, 2.75) is 45.6 Å². The Bertz CT molecular complexity index is 390. The molecule has 1 nitrogen and oxygen atoms in total. The molecule has 0 aromatic heterocycles. The van der Waals surface area contributed by atoms with Gasteiger partial charge in [0.15, 0.2) is 0 Å². The summed E-state index contributed by atoms with van der Waals surface area (Å²) in [4.78, 5) is 0. The van der Waals surface area contributed by atoms with Gasteiger partial charge in [-0.3, -0.25) is 0 Å². The first-order valence-corrected chi connectivity index (χ1v) is 5.47. The number of rotatable bonds is 0. The molecule has 82 valence electrons. The summed E-state index contributed by atoms with van der Waals surface area (Å²) in [7, 11) is 0. The predicted molar refractivity (Wildman–Crippen MR) is 61.9 cm³/mol. The third-order valence-corrected chi connectivity index (χ3v) is 2.95. The number of fused-ring (bicyclic) bond motifs is 1. The zero-order valence-electron chi connectivity index (χ0n) is 9.82. The highest BCUT2D eigenvalue weighted by molar-refractivity contribution is 5.59. The van der Waals surface area contributed by atoms with Crippen LogP contribution >= 0.6 is 0 Å². The zero-order valence-corrected chi connectivity index (χ0v) is 9.82. The van der Waals surface area contributed by atoms with Crippen molar-refractivity contribution in [2.75, 3.05) is 5.32 Å². The van der Waals surface area contributed by atoms with Crippen LogP contribution in [0.1, 0.15) is 38.8 Å². The lowest BCUT2D eigenvalue weighted by molar-refractivity contribution is 0.573. The maximum absolute atomic E-state index is 13.8. The Morgan fingerprint density at radius 2 is 2.00 bits per heavy atom. The van der Waals surface area contributed by atoms with Crippen molar-refractivity contribution >= 4 is 5.69 Å². The smallest absolute Gasteiger partial charge is 0.146 e. The van der Waals surface area contributed by atoms with E-state index < -0.39 is 0 Å². The lowest BCUT2D eigenvalue weighted by atomic mass is 9.85. The fourth-order valence-corrected chi connectivity index (χ4v) is 2.05. The Hall–Kier alpha value is -1.05. The predicted octanol–water partition coefficient (Wildman–Crippen LogP) is 3.48. The largest absolute Gasteiger partial charge is 0.380 e. The van der Waals surface area contributed by atoms with Crippen molar-refractivity contribution in [3.05, 3.63) is 29.1 Å². The van der Waals surface area contributed by atoms with Gasteiger partial charge in [0.05, 0.1) is 5.69 Å². The molecule has 2 rings (SSSR count). The molecular formula is C13H18FN. The van der Waals surface area contributed by atoms with E-state index in [4.69, 9.17) is 0 Å². The third-order valence-electron chi connectivity index (χ3n) is 2.95. The number of hydrogen-bond donors (Lipinski definition) is 1. The quantitative estimate of drug-likeness (QED) is 0.686. The summed E-state index contributed by atoms with van der Waals surface area (Å²) < 4.78 is 13.8. The number of halogens is 1. The van der Waals surface area contributed by atoms with E-state index in [0.29, 0.717) is 11.7 Å². The summed E-state index contributed by atoms with van der Waals surface area (Å²) in [6.45, 7) is 8.41. The first-order valence-electron chi connectivity index (χ1n) is 5.47. The molecule has 15 heavy (non-hydrogen) atoms. The summed E-state index contributed by atoms with van der Waals surface area (Å²) in [6, 6.07) is 4.14. The monoisotopic (exact) mass is 207 g/mol. The minimum atomic E-state index is -0.109. The van der Waals surface area contributed by atoms with Crippen molar-refractivity contribution in [1.29, 1.82) is 0 Å². The van der Waals surface area contributed by atoms with Gasteiger partial charge < -0.3 is 5.32 Å². The molecule has 1 aliphatic heterocycles. The van der Waals surface area contributed by atoms with E-state index in [1.165, 1.54) is 0 Å². The molecule has 1 aliphatic rings. The molecule has 0 aliphatic carbocycles. The lowest BCUT2D eigenvalue weighted by Crippen LogP contribution is -2.12. The van der Waals surface area contributed by atoms with Gasteiger partial charge in [0.25, 0.3) is 0 Å². The highest BCUT2D eigenvalue weighted by atomic mass is 19.1. The Morgan fingerprint density at radius 1 is 1.33 bits per heavy atom. The molecule has 0 radical (unpaired) electrons. The van der Waals surface area contributed by atoms with Crippen molar-refractivity contribution in [2.24, 2.45) is 0 Å². The van der Waals surface area contributed by atoms with E-state index in [0.717, 1.165) is 17.5 Å². The number of benzene rings is 1. The standard InChI is InChI=1S/C13H18FN/c1-8-5-9-6-10(13(2,3)4)7-11(14)12(9)15-8/h6-8,15H,5H2,1-4H3. The second kappa shape index (κ2) is 3.22. The van der Waals surface area contributed by atoms with Gasteiger partial charge in [-0.1, -0.05) is 26.8 Å². The van der Waals surface area contributed by atoms with E-state index in [1.807, 2.05) is 0 Å². The van der Waals surface area contributed by atoms with Crippen LogP contribution in [0.5, 0.6) is 0 Å².